The number of nitrogens with zero attached hydrogens (tertiary/aromatic N) is 2. The van der Waals surface area contributed by atoms with Crippen LogP contribution >= 0.6 is 11.6 Å². The number of hydrogen-bond donors (Lipinski definition) is 3. The van der Waals surface area contributed by atoms with Gasteiger partial charge in [0.2, 0.25) is 11.8 Å². The van der Waals surface area contributed by atoms with E-state index in [4.69, 9.17) is 21.3 Å². The van der Waals surface area contributed by atoms with Crippen molar-refractivity contribution in [3.63, 3.8) is 0 Å². The number of carbonyl (C=O) groups is 3. The molecule has 0 saturated carbocycles. The lowest BCUT2D eigenvalue weighted by molar-refractivity contribution is -0.131. The van der Waals surface area contributed by atoms with Crippen LogP contribution in [0.2, 0.25) is 5.02 Å². The van der Waals surface area contributed by atoms with Crippen LogP contribution < -0.4 is 20.8 Å². The second-order valence-corrected chi connectivity index (χ2v) is 15.0. The molecule has 3 amide bonds. The van der Waals surface area contributed by atoms with Crippen molar-refractivity contribution in [2.75, 3.05) is 33.1 Å². The Morgan fingerprint density at radius 2 is 1.52 bits per heavy atom. The van der Waals surface area contributed by atoms with Crippen molar-refractivity contribution >= 4 is 35.0 Å². The molecule has 1 aliphatic carbocycles. The molecule has 3 unspecified atom stereocenters. The van der Waals surface area contributed by atoms with Gasteiger partial charge >= 0.3 is 0 Å². The highest BCUT2D eigenvalue weighted by Gasteiger charge is 2.27. The Morgan fingerprint density at radius 3 is 2.08 bits per heavy atom. The van der Waals surface area contributed by atoms with Crippen molar-refractivity contribution in [1.82, 2.24) is 20.7 Å². The predicted octanol–water partition coefficient (Wildman–Crippen LogP) is 13.0. The summed E-state index contributed by atoms with van der Waals surface area (Å²) >= 11 is 7.12. The van der Waals surface area contributed by atoms with E-state index in [1.54, 1.807) is 27.3 Å². The number of amides is 3. The van der Waals surface area contributed by atoms with E-state index in [1.165, 1.54) is 41.8 Å². The van der Waals surface area contributed by atoms with Gasteiger partial charge in [-0.3, -0.25) is 19.4 Å². The zero-order valence-electron chi connectivity index (χ0n) is 40.8. The Morgan fingerprint density at radius 1 is 0.902 bits per heavy atom. The molecule has 0 bridgehead atoms. The molecule has 1 aromatic heterocycles. The van der Waals surface area contributed by atoms with E-state index in [0.717, 1.165) is 66.0 Å². The number of aryl methyl sites for hydroxylation is 1. The first-order valence-electron chi connectivity index (χ1n) is 23.1. The highest BCUT2D eigenvalue weighted by molar-refractivity contribution is 6.36. The van der Waals surface area contributed by atoms with Gasteiger partial charge in [-0.15, -0.1) is 0 Å². The summed E-state index contributed by atoms with van der Waals surface area (Å²) < 4.78 is 5.63. The van der Waals surface area contributed by atoms with Gasteiger partial charge < -0.3 is 15.4 Å². The van der Waals surface area contributed by atoms with Crippen LogP contribution in [0.3, 0.4) is 0 Å². The highest BCUT2D eigenvalue weighted by atomic mass is 35.5. The van der Waals surface area contributed by atoms with E-state index in [2.05, 4.69) is 56.7 Å². The number of halogens is 1. The quantitative estimate of drug-likeness (QED) is 0.148. The van der Waals surface area contributed by atoms with Crippen molar-refractivity contribution in [2.45, 2.75) is 154 Å². The molecule has 2 heterocycles. The number of anilines is 1. The topological polar surface area (TPSA) is 113 Å². The summed E-state index contributed by atoms with van der Waals surface area (Å²) in [5, 5.41) is 7.51. The zero-order valence-corrected chi connectivity index (χ0v) is 41.6. The van der Waals surface area contributed by atoms with Gasteiger partial charge in [0.25, 0.3) is 11.8 Å². The third-order valence-electron chi connectivity index (χ3n) is 10.7. The normalized spacial score (nSPS) is 13.8. The Bertz CT molecular complexity index is 1790. The predicted molar refractivity (Wildman–Crippen MR) is 261 cm³/mol. The van der Waals surface area contributed by atoms with Crippen LogP contribution in [0.4, 0.5) is 5.69 Å². The van der Waals surface area contributed by atoms with Gasteiger partial charge in [-0.05, 0) is 72.8 Å². The van der Waals surface area contributed by atoms with Crippen LogP contribution in [0.1, 0.15) is 158 Å². The lowest BCUT2D eigenvalue weighted by Gasteiger charge is -2.25. The third kappa shape index (κ3) is 16.9. The summed E-state index contributed by atoms with van der Waals surface area (Å²) in [6.07, 6.45) is 12.0. The number of nitrogens with one attached hydrogen (secondary N) is 3. The van der Waals surface area contributed by atoms with E-state index in [0.29, 0.717) is 23.1 Å². The molecule has 2 aromatic carbocycles. The smallest absolute Gasteiger partial charge is 0.273 e. The number of hydrogen-bond acceptors (Lipinski definition) is 6. The van der Waals surface area contributed by atoms with Crippen molar-refractivity contribution in [1.29, 1.82) is 0 Å². The summed E-state index contributed by atoms with van der Waals surface area (Å²) in [6.45, 7) is 27.4. The number of hydrazine groups is 1. The first kappa shape index (κ1) is 56.8. The van der Waals surface area contributed by atoms with Crippen LogP contribution in [0, 0.1) is 11.8 Å². The second kappa shape index (κ2) is 31.6. The minimum Gasteiger partial charge on any atom is -0.481 e. The SMILES string of the molecule is CC.CC.CC.CCC(C)C(=O)NC.CCC(C)c1c(NC(=O)C2=CCNN(C)C2=O)cccc1-c1cccc(-c2cc3c(c(OC)n2)CCC3)c1Cl.CCCCC(C)CC. The maximum atomic E-state index is 13.2. The number of methoxy groups -OCH3 is 1. The lowest BCUT2D eigenvalue weighted by Crippen LogP contribution is -2.46. The molecule has 9 nitrogen and oxygen atoms in total. The van der Waals surface area contributed by atoms with Gasteiger partial charge in [-0.1, -0.05) is 164 Å². The van der Waals surface area contributed by atoms with Crippen LogP contribution in [0.15, 0.2) is 54.1 Å². The minimum absolute atomic E-state index is 0.119. The number of pyridine rings is 1. The Hall–Kier alpha value is -4.21. The number of ether oxygens (including phenoxy) is 1. The molecule has 0 fully saturated rings. The number of likely N-dealkylation sites (N-methyl/N-ethyl adjacent to an activating group) is 1. The molecule has 3 atom stereocenters. The number of benzene rings is 2. The fourth-order valence-electron chi connectivity index (χ4n) is 6.63. The van der Waals surface area contributed by atoms with Crippen molar-refractivity contribution in [2.24, 2.45) is 11.8 Å². The molecule has 10 heteroatoms. The third-order valence-corrected chi connectivity index (χ3v) is 11.1. The van der Waals surface area contributed by atoms with Gasteiger partial charge in [0, 0.05) is 48.9 Å². The molecule has 3 aromatic rings. The summed E-state index contributed by atoms with van der Waals surface area (Å²) in [5.41, 5.74) is 10.5. The molecule has 0 radical (unpaired) electrons. The van der Waals surface area contributed by atoms with Crippen molar-refractivity contribution in [3.05, 3.63) is 75.8 Å². The van der Waals surface area contributed by atoms with Gasteiger partial charge in [-0.2, -0.15) is 0 Å². The molecule has 2 aliphatic rings. The monoisotopic (exact) mass is 864 g/mol. The van der Waals surface area contributed by atoms with Crippen molar-refractivity contribution < 1.29 is 19.1 Å². The van der Waals surface area contributed by atoms with Gasteiger partial charge in [0.05, 0.1) is 17.8 Å². The molecule has 61 heavy (non-hydrogen) atoms. The van der Waals surface area contributed by atoms with Gasteiger partial charge in [0.15, 0.2) is 0 Å². The number of unbranched alkanes of at least 4 members (excludes halogenated alkanes) is 1. The minimum atomic E-state index is -0.427. The number of aromatic nitrogens is 1. The fraction of sp³-hybridized carbons (Fsp3) is 0.569. The van der Waals surface area contributed by atoms with Crippen molar-refractivity contribution in [3.8, 4) is 28.3 Å². The Labute approximate surface area is 376 Å². The standard InChI is InChI=1S/C31H33ClN4O3.C8H18.C6H13NO.3C2H6/c1-5-18(2)27-21(11-8-14-25(27)34-29(37)24-15-16-33-36(3)31(24)38)22-12-7-13-23(28(22)32)26-17-19-9-6-10-20(19)30(35-26)39-4;1-4-6-7-8(3)5-2;1-4-5(2)6(8)7-3;3*1-2/h7-8,11-15,17-18,33H,5-6,9-10,16H2,1-4H3,(H,34,37);8H,4-7H2,1-3H3;5H,4H2,1-3H3,(H,7,8);3*1-2H3. The molecule has 5 rings (SSSR count). The summed E-state index contributed by atoms with van der Waals surface area (Å²) in [7, 11) is 4.93. The van der Waals surface area contributed by atoms with Crippen LogP contribution in [0.25, 0.3) is 22.4 Å². The Balaban J connectivity index is 0.00000136. The number of carbonyl (C=O) groups excluding carboxylic acids is 3. The zero-order chi connectivity index (χ0) is 46.7. The van der Waals surface area contributed by atoms with E-state index in [9.17, 15) is 14.4 Å². The first-order valence-corrected chi connectivity index (χ1v) is 23.5. The maximum absolute atomic E-state index is 13.2. The van der Waals surface area contributed by atoms with Crippen LogP contribution in [-0.4, -0.2) is 55.5 Å². The van der Waals surface area contributed by atoms with E-state index in [-0.39, 0.29) is 29.2 Å². The van der Waals surface area contributed by atoms with Gasteiger partial charge in [0.1, 0.15) is 5.57 Å². The van der Waals surface area contributed by atoms with E-state index < -0.39 is 5.91 Å². The summed E-state index contributed by atoms with van der Waals surface area (Å²) in [4.78, 5) is 41.2. The fourth-order valence-corrected chi connectivity index (χ4v) is 6.95. The summed E-state index contributed by atoms with van der Waals surface area (Å²) in [5.74, 6) is 1.24. The molecule has 1 aliphatic heterocycles. The molecular formula is C51H82ClN5O4. The molecule has 0 spiro atoms. The molecule has 0 saturated heterocycles. The average Bonchev–Trinajstić information content (AvgIpc) is 3.79. The second-order valence-electron chi connectivity index (χ2n) is 14.6. The number of fused-ring (bicyclic) bond motifs is 1. The molecular weight excluding hydrogens is 782 g/mol. The maximum Gasteiger partial charge on any atom is 0.273 e. The van der Waals surface area contributed by atoms with Crippen LogP contribution in [-0.2, 0) is 27.2 Å². The van der Waals surface area contributed by atoms with Crippen LogP contribution in [0.5, 0.6) is 5.88 Å². The molecule has 342 valence electrons. The molecule has 3 N–H and O–H groups in total. The highest BCUT2D eigenvalue weighted by Crippen LogP contribution is 2.43. The first-order chi connectivity index (χ1) is 29.4. The number of rotatable bonds is 13. The van der Waals surface area contributed by atoms with Gasteiger partial charge in [-0.25, -0.2) is 10.4 Å². The summed E-state index contributed by atoms with van der Waals surface area (Å²) in [6, 6.07) is 13.9. The lowest BCUT2D eigenvalue weighted by atomic mass is 9.87. The van der Waals surface area contributed by atoms with E-state index >= 15 is 0 Å². The average molecular weight is 865 g/mol. The Kier molecular flexibility index (Phi) is 29.4. The van der Waals surface area contributed by atoms with E-state index in [1.807, 2.05) is 91.8 Å². The largest absolute Gasteiger partial charge is 0.481 e.